The molecule has 0 bridgehead atoms. The minimum absolute atomic E-state index is 0. The zero-order chi connectivity index (χ0) is 19.6. The summed E-state index contributed by atoms with van der Waals surface area (Å²) in [5, 5.41) is 2.72. The predicted octanol–water partition coefficient (Wildman–Crippen LogP) is 4.33. The minimum Gasteiger partial charge on any atom is -0.493 e. The lowest BCUT2D eigenvalue weighted by atomic mass is 10.1. The first kappa shape index (κ1) is 23.5. The number of ether oxygens (including phenoxy) is 2. The Bertz CT molecular complexity index is 760. The Morgan fingerprint density at radius 3 is 2.61 bits per heavy atom. The largest absolute Gasteiger partial charge is 0.493 e. The molecule has 0 heterocycles. The quantitative estimate of drug-likeness (QED) is 0.567. The monoisotopic (exact) mass is 414 g/mol. The van der Waals surface area contributed by atoms with Gasteiger partial charge in [-0.15, -0.1) is 12.4 Å². The lowest BCUT2D eigenvalue weighted by Crippen LogP contribution is -2.23. The third kappa shape index (κ3) is 7.60. The summed E-state index contributed by atoms with van der Waals surface area (Å²) in [6, 6.07) is 12.0. The molecule has 154 valence electrons. The molecule has 0 radical (unpaired) electrons. The number of nitrogens with two attached hydrogens (primary N) is 1. The van der Waals surface area contributed by atoms with Crippen LogP contribution in [0.2, 0.25) is 0 Å². The fourth-order valence-electron chi connectivity index (χ4n) is 2.49. The van der Waals surface area contributed by atoms with Crippen molar-refractivity contribution in [3.05, 3.63) is 53.6 Å². The van der Waals surface area contributed by atoms with E-state index in [0.29, 0.717) is 30.0 Å². The molecule has 2 aromatic carbocycles. The van der Waals surface area contributed by atoms with Gasteiger partial charge >= 0.3 is 6.61 Å². The third-order valence-electron chi connectivity index (χ3n) is 3.88. The molecule has 0 spiro atoms. The van der Waals surface area contributed by atoms with Crippen molar-refractivity contribution in [1.82, 2.24) is 5.32 Å². The Morgan fingerprint density at radius 2 is 1.93 bits per heavy atom. The summed E-state index contributed by atoms with van der Waals surface area (Å²) < 4.78 is 35.3. The number of halogens is 3. The second-order valence-corrected chi connectivity index (χ2v) is 5.97. The zero-order valence-electron chi connectivity index (χ0n) is 15.6. The second-order valence-electron chi connectivity index (χ2n) is 5.97. The Hall–Kier alpha value is -2.54. The van der Waals surface area contributed by atoms with Crippen LogP contribution >= 0.6 is 12.4 Å². The van der Waals surface area contributed by atoms with Gasteiger partial charge in [0.15, 0.2) is 0 Å². The van der Waals surface area contributed by atoms with Gasteiger partial charge in [0.05, 0.1) is 6.61 Å². The first-order valence-corrected chi connectivity index (χ1v) is 8.80. The SMILES string of the molecule is CCCOc1ccc(CNC(=O)CCc2ccccc2N)c(OC(F)F)c1.Cl. The molecule has 0 unspecified atom stereocenters. The molecule has 0 aromatic heterocycles. The number of hydrogen-bond donors (Lipinski definition) is 2. The molecular weight excluding hydrogens is 390 g/mol. The number of benzene rings is 2. The standard InChI is InChI=1S/C20H24F2N2O3.ClH/c1-2-11-26-16-9-7-15(18(12-16)27-20(21)22)13-24-19(25)10-8-14-5-3-4-6-17(14)23;/h3-7,9,12,20H,2,8,10-11,13,23H2,1H3,(H,24,25);1H. The summed E-state index contributed by atoms with van der Waals surface area (Å²) in [7, 11) is 0. The van der Waals surface area contributed by atoms with Crippen LogP contribution in [0.5, 0.6) is 11.5 Å². The molecule has 2 aromatic rings. The number of rotatable bonds is 10. The molecule has 2 rings (SSSR count). The molecule has 8 heteroatoms. The van der Waals surface area contributed by atoms with Crippen LogP contribution in [0.4, 0.5) is 14.5 Å². The van der Waals surface area contributed by atoms with Gasteiger partial charge in [0.1, 0.15) is 11.5 Å². The van der Waals surface area contributed by atoms with Gasteiger partial charge in [0.2, 0.25) is 5.91 Å². The molecule has 0 saturated carbocycles. The fraction of sp³-hybridized carbons (Fsp3) is 0.350. The van der Waals surface area contributed by atoms with E-state index in [-0.39, 0.29) is 37.0 Å². The first-order chi connectivity index (χ1) is 13.0. The Balaban J connectivity index is 0.00000392. The van der Waals surface area contributed by atoms with Crippen LogP contribution in [-0.4, -0.2) is 19.1 Å². The van der Waals surface area contributed by atoms with Crippen molar-refractivity contribution in [2.24, 2.45) is 0 Å². The average Bonchev–Trinajstić information content (AvgIpc) is 2.64. The van der Waals surface area contributed by atoms with Crippen molar-refractivity contribution >= 4 is 24.0 Å². The summed E-state index contributed by atoms with van der Waals surface area (Å²) in [6.07, 6.45) is 1.55. The molecule has 0 aliphatic rings. The highest BCUT2D eigenvalue weighted by molar-refractivity contribution is 5.85. The fourth-order valence-corrected chi connectivity index (χ4v) is 2.49. The minimum atomic E-state index is -2.96. The van der Waals surface area contributed by atoms with Crippen LogP contribution in [0.15, 0.2) is 42.5 Å². The van der Waals surface area contributed by atoms with Crippen molar-refractivity contribution < 1.29 is 23.0 Å². The Morgan fingerprint density at radius 1 is 1.18 bits per heavy atom. The van der Waals surface area contributed by atoms with Crippen LogP contribution in [0.3, 0.4) is 0 Å². The van der Waals surface area contributed by atoms with E-state index in [4.69, 9.17) is 10.5 Å². The summed E-state index contributed by atoms with van der Waals surface area (Å²) in [5.41, 5.74) is 7.84. The number of carbonyl (C=O) groups excluding carboxylic acids is 1. The maximum Gasteiger partial charge on any atom is 0.387 e. The van der Waals surface area contributed by atoms with Gasteiger partial charge in [-0.1, -0.05) is 25.1 Å². The van der Waals surface area contributed by atoms with Crippen LogP contribution < -0.4 is 20.5 Å². The number of alkyl halides is 2. The lowest BCUT2D eigenvalue weighted by molar-refractivity contribution is -0.121. The smallest absolute Gasteiger partial charge is 0.387 e. The number of aryl methyl sites for hydroxylation is 1. The first-order valence-electron chi connectivity index (χ1n) is 8.80. The molecule has 0 fully saturated rings. The van der Waals surface area contributed by atoms with Crippen molar-refractivity contribution in [3.8, 4) is 11.5 Å². The van der Waals surface area contributed by atoms with E-state index in [0.717, 1.165) is 12.0 Å². The highest BCUT2D eigenvalue weighted by atomic mass is 35.5. The van der Waals surface area contributed by atoms with E-state index in [1.807, 2.05) is 25.1 Å². The van der Waals surface area contributed by atoms with Gasteiger partial charge < -0.3 is 20.5 Å². The van der Waals surface area contributed by atoms with Gasteiger partial charge in [-0.2, -0.15) is 8.78 Å². The Kier molecular flexibility index (Phi) is 10.1. The number of carbonyl (C=O) groups is 1. The van der Waals surface area contributed by atoms with E-state index in [2.05, 4.69) is 10.1 Å². The lowest BCUT2D eigenvalue weighted by Gasteiger charge is -2.14. The van der Waals surface area contributed by atoms with Crippen LogP contribution in [-0.2, 0) is 17.8 Å². The van der Waals surface area contributed by atoms with Gasteiger partial charge in [0.25, 0.3) is 0 Å². The number of para-hydroxylation sites is 1. The molecule has 0 saturated heterocycles. The predicted molar refractivity (Wildman–Crippen MR) is 107 cm³/mol. The summed E-state index contributed by atoms with van der Waals surface area (Å²) in [6.45, 7) is -0.447. The number of nitrogen functional groups attached to an aromatic ring is 1. The molecule has 0 aliphatic carbocycles. The average molecular weight is 415 g/mol. The van der Waals surface area contributed by atoms with E-state index in [9.17, 15) is 13.6 Å². The summed E-state index contributed by atoms with van der Waals surface area (Å²) in [5.74, 6) is 0.237. The summed E-state index contributed by atoms with van der Waals surface area (Å²) >= 11 is 0. The number of nitrogens with one attached hydrogen (secondary N) is 1. The van der Waals surface area contributed by atoms with E-state index in [1.165, 1.54) is 6.07 Å². The molecule has 1 amide bonds. The normalized spacial score (nSPS) is 10.3. The summed E-state index contributed by atoms with van der Waals surface area (Å²) in [4.78, 5) is 12.1. The van der Waals surface area contributed by atoms with Crippen LogP contribution in [0.1, 0.15) is 30.9 Å². The zero-order valence-corrected chi connectivity index (χ0v) is 16.4. The van der Waals surface area contributed by atoms with Gasteiger partial charge in [-0.3, -0.25) is 4.79 Å². The third-order valence-corrected chi connectivity index (χ3v) is 3.88. The van der Waals surface area contributed by atoms with Crippen molar-refractivity contribution in [2.45, 2.75) is 39.3 Å². The van der Waals surface area contributed by atoms with Gasteiger partial charge in [-0.25, -0.2) is 0 Å². The highest BCUT2D eigenvalue weighted by Crippen LogP contribution is 2.26. The molecule has 5 nitrogen and oxygen atoms in total. The number of anilines is 1. The number of hydrogen-bond acceptors (Lipinski definition) is 4. The van der Waals surface area contributed by atoms with Gasteiger partial charge in [-0.05, 0) is 36.6 Å². The topological polar surface area (TPSA) is 73.6 Å². The Labute approximate surface area is 169 Å². The maximum atomic E-state index is 12.7. The molecule has 3 N–H and O–H groups in total. The van der Waals surface area contributed by atoms with E-state index < -0.39 is 6.61 Å². The van der Waals surface area contributed by atoms with Crippen molar-refractivity contribution in [1.29, 1.82) is 0 Å². The highest BCUT2D eigenvalue weighted by Gasteiger charge is 2.13. The number of amides is 1. The van der Waals surface area contributed by atoms with Crippen molar-refractivity contribution in [3.63, 3.8) is 0 Å². The second kappa shape index (κ2) is 12.0. The van der Waals surface area contributed by atoms with E-state index >= 15 is 0 Å². The van der Waals surface area contributed by atoms with E-state index in [1.54, 1.807) is 18.2 Å². The molecule has 28 heavy (non-hydrogen) atoms. The van der Waals surface area contributed by atoms with Crippen LogP contribution in [0, 0.1) is 0 Å². The molecule has 0 aliphatic heterocycles. The maximum absolute atomic E-state index is 12.7. The van der Waals surface area contributed by atoms with Crippen molar-refractivity contribution in [2.75, 3.05) is 12.3 Å². The van der Waals surface area contributed by atoms with Crippen LogP contribution in [0.25, 0.3) is 0 Å². The molecular formula is C20H25ClF2N2O3. The molecule has 0 atom stereocenters. The van der Waals surface area contributed by atoms with Gasteiger partial charge in [0, 0.05) is 30.3 Å².